The first-order valence-corrected chi connectivity index (χ1v) is 9.37. The van der Waals surface area contributed by atoms with Gasteiger partial charge in [-0.15, -0.1) is 11.3 Å². The van der Waals surface area contributed by atoms with E-state index in [4.69, 9.17) is 4.74 Å². The van der Waals surface area contributed by atoms with E-state index in [9.17, 15) is 4.79 Å². The Bertz CT molecular complexity index is 928. The molecule has 0 fully saturated rings. The Morgan fingerprint density at radius 3 is 3.16 bits per heavy atom. The summed E-state index contributed by atoms with van der Waals surface area (Å²) in [5.74, 6) is 0.856. The molecule has 0 bridgehead atoms. The van der Waals surface area contributed by atoms with Gasteiger partial charge in [0.2, 0.25) is 5.91 Å². The van der Waals surface area contributed by atoms with E-state index in [1.165, 1.54) is 16.0 Å². The van der Waals surface area contributed by atoms with Crippen molar-refractivity contribution in [2.45, 2.75) is 32.4 Å². The standard InChI is InChI=1S/C19H21N3O2S/c1-12-4-3-5-14-18(12)22(2)16(21-14)11-20-17(23)10-15-19-13(6-8-24-15)7-9-25-19/h3-5,7,9,15H,6,8,10-11H2,1-2H3,(H,20,23)/t15-/m0/s1. The molecule has 6 heteroatoms. The second-order valence-corrected chi connectivity index (χ2v) is 7.38. The molecule has 1 amide bonds. The average Bonchev–Trinajstić information content (AvgIpc) is 3.19. The number of fused-ring (bicyclic) bond motifs is 2. The summed E-state index contributed by atoms with van der Waals surface area (Å²) < 4.78 is 7.86. The number of ether oxygens (including phenoxy) is 1. The van der Waals surface area contributed by atoms with Crippen LogP contribution < -0.4 is 5.32 Å². The minimum atomic E-state index is -0.119. The van der Waals surface area contributed by atoms with E-state index in [0.29, 0.717) is 19.6 Å². The van der Waals surface area contributed by atoms with Crippen molar-refractivity contribution >= 4 is 28.3 Å². The highest BCUT2D eigenvalue weighted by molar-refractivity contribution is 7.10. The highest BCUT2D eigenvalue weighted by atomic mass is 32.1. The smallest absolute Gasteiger partial charge is 0.223 e. The molecule has 5 nitrogen and oxygen atoms in total. The van der Waals surface area contributed by atoms with Crippen LogP contribution in [0.2, 0.25) is 0 Å². The number of rotatable bonds is 4. The zero-order valence-electron chi connectivity index (χ0n) is 14.4. The summed E-state index contributed by atoms with van der Waals surface area (Å²) in [5.41, 5.74) is 4.59. The molecule has 0 spiro atoms. The van der Waals surface area contributed by atoms with Gasteiger partial charge < -0.3 is 14.6 Å². The number of aryl methyl sites for hydroxylation is 2. The fraction of sp³-hybridized carbons (Fsp3) is 0.368. The lowest BCUT2D eigenvalue weighted by molar-refractivity contribution is -0.124. The summed E-state index contributed by atoms with van der Waals surface area (Å²) in [5, 5.41) is 5.07. The predicted octanol–water partition coefficient (Wildman–Crippen LogP) is 3.26. The number of nitrogens with one attached hydrogen (secondary N) is 1. The van der Waals surface area contributed by atoms with Crippen molar-refractivity contribution < 1.29 is 9.53 Å². The molecule has 0 saturated carbocycles. The number of para-hydroxylation sites is 1. The Balaban J connectivity index is 1.43. The summed E-state index contributed by atoms with van der Waals surface area (Å²) in [7, 11) is 1.99. The summed E-state index contributed by atoms with van der Waals surface area (Å²) in [6, 6.07) is 8.22. The normalized spacial score (nSPS) is 16.8. The number of amides is 1. The molecule has 1 N–H and O–H groups in total. The maximum Gasteiger partial charge on any atom is 0.223 e. The Labute approximate surface area is 150 Å². The molecule has 25 heavy (non-hydrogen) atoms. The average molecular weight is 355 g/mol. The van der Waals surface area contributed by atoms with Crippen molar-refractivity contribution in [1.29, 1.82) is 0 Å². The topological polar surface area (TPSA) is 56.1 Å². The highest BCUT2D eigenvalue weighted by Crippen LogP contribution is 2.33. The third-order valence-electron chi connectivity index (χ3n) is 4.77. The van der Waals surface area contributed by atoms with Crippen LogP contribution in [0.25, 0.3) is 11.0 Å². The van der Waals surface area contributed by atoms with E-state index in [0.717, 1.165) is 23.3 Å². The van der Waals surface area contributed by atoms with Crippen molar-refractivity contribution in [3.63, 3.8) is 0 Å². The van der Waals surface area contributed by atoms with E-state index < -0.39 is 0 Å². The fourth-order valence-corrected chi connectivity index (χ4v) is 4.47. The molecule has 1 aliphatic rings. The van der Waals surface area contributed by atoms with Crippen LogP contribution in [0.15, 0.2) is 29.6 Å². The van der Waals surface area contributed by atoms with Crippen molar-refractivity contribution in [2.75, 3.05) is 6.61 Å². The molecule has 2 aromatic heterocycles. The van der Waals surface area contributed by atoms with Gasteiger partial charge in [-0.3, -0.25) is 4.79 Å². The molecule has 0 aliphatic carbocycles. The van der Waals surface area contributed by atoms with E-state index in [1.807, 2.05) is 19.2 Å². The zero-order chi connectivity index (χ0) is 17.4. The molecule has 3 heterocycles. The number of imidazole rings is 1. The molecular weight excluding hydrogens is 334 g/mol. The number of hydrogen-bond donors (Lipinski definition) is 1. The van der Waals surface area contributed by atoms with Crippen molar-refractivity contribution in [3.8, 4) is 0 Å². The van der Waals surface area contributed by atoms with Crippen molar-refractivity contribution in [3.05, 3.63) is 51.5 Å². The van der Waals surface area contributed by atoms with Crippen LogP contribution in [0.5, 0.6) is 0 Å². The third-order valence-corrected chi connectivity index (χ3v) is 5.82. The third kappa shape index (κ3) is 3.07. The molecule has 4 rings (SSSR count). The molecule has 1 atom stereocenters. The first-order chi connectivity index (χ1) is 12.1. The zero-order valence-corrected chi connectivity index (χ0v) is 15.2. The van der Waals surface area contributed by atoms with E-state index >= 15 is 0 Å². The van der Waals surface area contributed by atoms with Gasteiger partial charge in [0.1, 0.15) is 11.9 Å². The highest BCUT2D eigenvalue weighted by Gasteiger charge is 2.24. The van der Waals surface area contributed by atoms with Gasteiger partial charge in [0, 0.05) is 11.9 Å². The van der Waals surface area contributed by atoms with Crippen LogP contribution in [-0.4, -0.2) is 22.1 Å². The van der Waals surface area contributed by atoms with E-state index in [2.05, 4.69) is 39.3 Å². The SMILES string of the molecule is Cc1cccc2nc(CNC(=O)C[C@@H]3OCCc4ccsc43)n(C)c12. The van der Waals surface area contributed by atoms with Gasteiger partial charge in [-0.1, -0.05) is 12.1 Å². The fourth-order valence-electron chi connectivity index (χ4n) is 3.46. The van der Waals surface area contributed by atoms with Crippen LogP contribution in [0.3, 0.4) is 0 Å². The molecule has 3 aromatic rings. The molecule has 0 unspecified atom stereocenters. The minimum Gasteiger partial charge on any atom is -0.372 e. The van der Waals surface area contributed by atoms with Gasteiger partial charge in [-0.25, -0.2) is 4.98 Å². The quantitative estimate of drug-likeness (QED) is 0.781. The Morgan fingerprint density at radius 2 is 2.32 bits per heavy atom. The first-order valence-electron chi connectivity index (χ1n) is 8.49. The van der Waals surface area contributed by atoms with Crippen molar-refractivity contribution in [1.82, 2.24) is 14.9 Å². The number of nitrogens with zero attached hydrogens (tertiary/aromatic N) is 2. The van der Waals surface area contributed by atoms with E-state index in [1.54, 1.807) is 11.3 Å². The van der Waals surface area contributed by atoms with Crippen LogP contribution in [0.4, 0.5) is 0 Å². The summed E-state index contributed by atoms with van der Waals surface area (Å²) in [4.78, 5) is 18.2. The van der Waals surface area contributed by atoms with Crippen LogP contribution in [0, 0.1) is 6.92 Å². The van der Waals surface area contributed by atoms with Crippen LogP contribution in [0.1, 0.15) is 34.4 Å². The molecular formula is C19H21N3O2S. The van der Waals surface area contributed by atoms with Crippen LogP contribution in [-0.2, 0) is 29.5 Å². The molecule has 130 valence electrons. The lowest BCUT2D eigenvalue weighted by atomic mass is 10.1. The van der Waals surface area contributed by atoms with E-state index in [-0.39, 0.29) is 12.0 Å². The lowest BCUT2D eigenvalue weighted by Gasteiger charge is -2.22. The molecule has 1 aliphatic heterocycles. The Kier molecular flexibility index (Phi) is 4.31. The Morgan fingerprint density at radius 1 is 1.44 bits per heavy atom. The summed E-state index contributed by atoms with van der Waals surface area (Å²) >= 11 is 1.68. The largest absolute Gasteiger partial charge is 0.372 e. The van der Waals surface area contributed by atoms with Crippen molar-refractivity contribution in [2.24, 2.45) is 7.05 Å². The predicted molar refractivity (Wildman–Crippen MR) is 98.6 cm³/mol. The maximum absolute atomic E-state index is 12.4. The maximum atomic E-state index is 12.4. The van der Waals surface area contributed by atoms with Gasteiger partial charge in [-0.2, -0.15) is 0 Å². The number of aromatic nitrogens is 2. The van der Waals surface area contributed by atoms with Gasteiger partial charge in [0.15, 0.2) is 0 Å². The number of hydrogen-bond acceptors (Lipinski definition) is 4. The second-order valence-electron chi connectivity index (χ2n) is 6.43. The van der Waals surface area contributed by atoms with Gasteiger partial charge in [-0.05, 0) is 42.0 Å². The Hall–Kier alpha value is -2.18. The van der Waals surface area contributed by atoms with Gasteiger partial charge in [0.25, 0.3) is 0 Å². The molecule has 1 aromatic carbocycles. The lowest BCUT2D eigenvalue weighted by Crippen LogP contribution is -2.27. The van der Waals surface area contributed by atoms with Crippen LogP contribution >= 0.6 is 11.3 Å². The molecule has 0 saturated heterocycles. The summed E-state index contributed by atoms with van der Waals surface area (Å²) in [6.45, 7) is 3.19. The number of carbonyl (C=O) groups is 1. The first kappa shape index (κ1) is 16.3. The number of carbonyl (C=O) groups excluding carboxylic acids is 1. The van der Waals surface area contributed by atoms with Gasteiger partial charge >= 0.3 is 0 Å². The monoisotopic (exact) mass is 355 g/mol. The van der Waals surface area contributed by atoms with Gasteiger partial charge in [0.05, 0.1) is 30.6 Å². The summed E-state index contributed by atoms with van der Waals surface area (Å²) in [6.07, 6.45) is 1.18. The second kappa shape index (κ2) is 6.61. The molecule has 0 radical (unpaired) electrons. The number of thiophene rings is 1. The minimum absolute atomic E-state index is 0.00460. The number of benzene rings is 1.